The number of benzene rings is 1. The lowest BCUT2D eigenvalue weighted by Gasteiger charge is -2.17. The van der Waals surface area contributed by atoms with Crippen molar-refractivity contribution in [1.29, 1.82) is 0 Å². The maximum Gasteiger partial charge on any atom is 0.0793 e. The highest BCUT2D eigenvalue weighted by atomic mass is 16.5. The van der Waals surface area contributed by atoms with Gasteiger partial charge in [-0.2, -0.15) is 0 Å². The molecule has 18 heavy (non-hydrogen) atoms. The Hall–Kier alpha value is -0.860. The number of aliphatic hydroxyl groups excluding tert-OH is 1. The van der Waals surface area contributed by atoms with Crippen LogP contribution in [0.2, 0.25) is 0 Å². The highest BCUT2D eigenvalue weighted by molar-refractivity contribution is 5.34. The third-order valence-electron chi connectivity index (χ3n) is 4.16. The first-order chi connectivity index (χ1) is 8.84. The van der Waals surface area contributed by atoms with Crippen LogP contribution < -0.4 is 0 Å². The fraction of sp³-hybridized carbons (Fsp3) is 0.625. The number of hydrogen-bond donors (Lipinski definition) is 1. The quantitative estimate of drug-likeness (QED) is 0.860. The van der Waals surface area contributed by atoms with Gasteiger partial charge in [-0.05, 0) is 55.6 Å². The number of aliphatic hydroxyl groups is 1. The lowest BCUT2D eigenvalue weighted by Crippen LogP contribution is -2.09. The van der Waals surface area contributed by atoms with Crippen molar-refractivity contribution < 1.29 is 9.84 Å². The van der Waals surface area contributed by atoms with Crippen LogP contribution in [0.4, 0.5) is 0 Å². The zero-order chi connectivity index (χ0) is 12.4. The van der Waals surface area contributed by atoms with E-state index in [0.29, 0.717) is 12.0 Å². The Morgan fingerprint density at radius 1 is 1.22 bits per heavy atom. The predicted octanol–water partition coefficient (Wildman–Crippen LogP) is 3.56. The van der Waals surface area contributed by atoms with Gasteiger partial charge in [0.1, 0.15) is 0 Å². The van der Waals surface area contributed by atoms with E-state index in [1.807, 2.05) is 6.07 Å². The molecule has 2 unspecified atom stereocenters. The maximum absolute atomic E-state index is 10.4. The molecule has 2 nitrogen and oxygen atoms in total. The molecule has 98 valence electrons. The normalized spacial score (nSPS) is 25.3. The first-order valence-corrected chi connectivity index (χ1v) is 7.23. The van der Waals surface area contributed by atoms with Gasteiger partial charge in [-0.25, -0.2) is 0 Å². The van der Waals surface area contributed by atoms with Crippen LogP contribution in [0.15, 0.2) is 24.3 Å². The molecule has 1 heterocycles. The highest BCUT2D eigenvalue weighted by Crippen LogP contribution is 2.43. The first-order valence-electron chi connectivity index (χ1n) is 7.23. The summed E-state index contributed by atoms with van der Waals surface area (Å²) >= 11 is 0. The Bertz CT molecular complexity index is 392. The van der Waals surface area contributed by atoms with E-state index in [2.05, 4.69) is 18.2 Å². The smallest absolute Gasteiger partial charge is 0.0793 e. The second-order valence-electron chi connectivity index (χ2n) is 5.63. The lowest BCUT2D eigenvalue weighted by molar-refractivity contribution is 0.0810. The van der Waals surface area contributed by atoms with Crippen molar-refractivity contribution in [3.8, 4) is 0 Å². The molecule has 1 saturated carbocycles. The first kappa shape index (κ1) is 12.2. The van der Waals surface area contributed by atoms with Crippen molar-refractivity contribution in [2.24, 2.45) is 0 Å². The van der Waals surface area contributed by atoms with Crippen molar-refractivity contribution >= 4 is 0 Å². The van der Waals surface area contributed by atoms with Crippen LogP contribution in [0.1, 0.15) is 61.7 Å². The standard InChI is InChI=1S/C16H22O2/c17-16(10-9-13-4-3-11-18-13)15-6-2-1-5-14(15)12-7-8-12/h1-2,5-6,12-13,16-17H,3-4,7-11H2. The molecule has 0 bridgehead atoms. The van der Waals surface area contributed by atoms with Crippen molar-refractivity contribution in [3.05, 3.63) is 35.4 Å². The van der Waals surface area contributed by atoms with E-state index in [4.69, 9.17) is 4.74 Å². The van der Waals surface area contributed by atoms with Crippen molar-refractivity contribution in [1.82, 2.24) is 0 Å². The molecule has 0 radical (unpaired) electrons. The largest absolute Gasteiger partial charge is 0.388 e. The van der Waals surface area contributed by atoms with Crippen molar-refractivity contribution in [3.63, 3.8) is 0 Å². The fourth-order valence-corrected chi connectivity index (χ4v) is 2.95. The van der Waals surface area contributed by atoms with Gasteiger partial charge >= 0.3 is 0 Å². The van der Waals surface area contributed by atoms with E-state index < -0.39 is 0 Å². The lowest BCUT2D eigenvalue weighted by atomic mass is 9.95. The summed E-state index contributed by atoms with van der Waals surface area (Å²) in [5.74, 6) is 0.707. The van der Waals surface area contributed by atoms with E-state index in [9.17, 15) is 5.11 Å². The van der Waals surface area contributed by atoms with E-state index >= 15 is 0 Å². The van der Waals surface area contributed by atoms with Crippen LogP contribution in [0, 0.1) is 0 Å². The Kier molecular flexibility index (Phi) is 3.67. The summed E-state index contributed by atoms with van der Waals surface area (Å²) in [4.78, 5) is 0. The third-order valence-corrected chi connectivity index (χ3v) is 4.16. The van der Waals surface area contributed by atoms with Crippen LogP contribution >= 0.6 is 0 Å². The molecule has 1 N–H and O–H groups in total. The van der Waals surface area contributed by atoms with Gasteiger partial charge in [0, 0.05) is 6.61 Å². The number of hydrogen-bond acceptors (Lipinski definition) is 2. The molecule has 0 spiro atoms. The van der Waals surface area contributed by atoms with Crippen LogP contribution in [0.5, 0.6) is 0 Å². The summed E-state index contributed by atoms with van der Waals surface area (Å²) in [6.07, 6.45) is 6.80. The number of rotatable bonds is 5. The molecule has 2 fully saturated rings. The molecule has 1 aliphatic carbocycles. The van der Waals surface area contributed by atoms with E-state index in [-0.39, 0.29) is 6.10 Å². The van der Waals surface area contributed by atoms with Crippen molar-refractivity contribution in [2.45, 2.75) is 56.7 Å². The monoisotopic (exact) mass is 246 g/mol. The summed E-state index contributed by atoms with van der Waals surface area (Å²) in [5.41, 5.74) is 2.52. The summed E-state index contributed by atoms with van der Waals surface area (Å²) in [7, 11) is 0. The minimum atomic E-state index is -0.314. The topological polar surface area (TPSA) is 29.5 Å². The summed E-state index contributed by atoms with van der Waals surface area (Å²) in [6.45, 7) is 0.902. The summed E-state index contributed by atoms with van der Waals surface area (Å²) in [5, 5.41) is 10.4. The Balaban J connectivity index is 1.62. The van der Waals surface area contributed by atoms with Gasteiger partial charge in [0.15, 0.2) is 0 Å². The second-order valence-corrected chi connectivity index (χ2v) is 5.63. The zero-order valence-corrected chi connectivity index (χ0v) is 10.8. The van der Waals surface area contributed by atoms with E-state index in [0.717, 1.165) is 31.4 Å². The Labute approximate surface area is 109 Å². The molecule has 1 saturated heterocycles. The third kappa shape index (κ3) is 2.76. The maximum atomic E-state index is 10.4. The van der Waals surface area contributed by atoms with Crippen LogP contribution in [-0.4, -0.2) is 17.8 Å². The van der Waals surface area contributed by atoms with Gasteiger partial charge in [-0.1, -0.05) is 24.3 Å². The number of ether oxygens (including phenoxy) is 1. The van der Waals surface area contributed by atoms with Crippen LogP contribution in [-0.2, 0) is 4.74 Å². The van der Waals surface area contributed by atoms with Crippen LogP contribution in [0.25, 0.3) is 0 Å². The highest BCUT2D eigenvalue weighted by Gasteiger charge is 2.27. The van der Waals surface area contributed by atoms with Gasteiger partial charge in [-0.15, -0.1) is 0 Å². The molecule has 2 atom stereocenters. The molecule has 0 amide bonds. The SMILES string of the molecule is OC(CCC1CCCO1)c1ccccc1C1CC1. The molecule has 1 aromatic rings. The van der Waals surface area contributed by atoms with Gasteiger partial charge < -0.3 is 9.84 Å². The molecule has 1 aliphatic heterocycles. The summed E-state index contributed by atoms with van der Waals surface area (Å²) in [6, 6.07) is 8.40. The Morgan fingerprint density at radius 3 is 2.78 bits per heavy atom. The zero-order valence-electron chi connectivity index (χ0n) is 10.8. The molecule has 0 aromatic heterocycles. The molecule has 2 aliphatic rings. The Morgan fingerprint density at radius 2 is 2.06 bits per heavy atom. The molecule has 3 rings (SSSR count). The second kappa shape index (κ2) is 5.41. The van der Waals surface area contributed by atoms with E-state index in [1.54, 1.807) is 0 Å². The van der Waals surface area contributed by atoms with Crippen molar-refractivity contribution in [2.75, 3.05) is 6.61 Å². The molecular formula is C16H22O2. The average molecular weight is 246 g/mol. The fourth-order valence-electron chi connectivity index (χ4n) is 2.95. The van der Waals surface area contributed by atoms with Gasteiger partial charge in [0.2, 0.25) is 0 Å². The minimum Gasteiger partial charge on any atom is -0.388 e. The molecule has 1 aromatic carbocycles. The van der Waals surface area contributed by atoms with Gasteiger partial charge in [0.25, 0.3) is 0 Å². The molecule has 2 heteroatoms. The minimum absolute atomic E-state index is 0.314. The average Bonchev–Trinajstić information content (AvgIpc) is 3.13. The summed E-state index contributed by atoms with van der Waals surface area (Å²) < 4.78 is 5.62. The molecular weight excluding hydrogens is 224 g/mol. The van der Waals surface area contributed by atoms with Gasteiger partial charge in [-0.3, -0.25) is 0 Å². The van der Waals surface area contributed by atoms with Crippen LogP contribution in [0.3, 0.4) is 0 Å². The van der Waals surface area contributed by atoms with Gasteiger partial charge in [0.05, 0.1) is 12.2 Å². The van der Waals surface area contributed by atoms with E-state index in [1.165, 1.54) is 24.8 Å². The predicted molar refractivity (Wildman–Crippen MR) is 71.6 cm³/mol.